The van der Waals surface area contributed by atoms with E-state index in [1.807, 2.05) is 23.9 Å². The van der Waals surface area contributed by atoms with E-state index in [9.17, 15) is 0 Å². The van der Waals surface area contributed by atoms with Crippen molar-refractivity contribution in [2.24, 2.45) is 0 Å². The summed E-state index contributed by atoms with van der Waals surface area (Å²) in [6, 6.07) is 10.6. The normalized spacial score (nSPS) is 14.8. The van der Waals surface area contributed by atoms with Crippen LogP contribution < -0.4 is 5.32 Å². The van der Waals surface area contributed by atoms with Crippen molar-refractivity contribution >= 4 is 5.82 Å². The predicted octanol–water partition coefficient (Wildman–Crippen LogP) is 4.02. The summed E-state index contributed by atoms with van der Waals surface area (Å²) >= 11 is 0. The molecule has 1 unspecified atom stereocenters. The Bertz CT molecular complexity index is 870. The Labute approximate surface area is 148 Å². The Hall–Kier alpha value is -2.69. The number of nitrogens with zero attached hydrogens (tertiary/aromatic N) is 4. The summed E-state index contributed by atoms with van der Waals surface area (Å²) in [5.41, 5.74) is 4.80. The zero-order valence-corrected chi connectivity index (χ0v) is 14.7. The molecule has 5 heteroatoms. The van der Waals surface area contributed by atoms with Crippen LogP contribution in [0, 0.1) is 6.92 Å². The summed E-state index contributed by atoms with van der Waals surface area (Å²) in [5.74, 6) is 1.85. The van der Waals surface area contributed by atoms with Crippen molar-refractivity contribution in [2.75, 3.05) is 5.32 Å². The minimum Gasteiger partial charge on any atom is -0.363 e. The largest absolute Gasteiger partial charge is 0.363 e. The molecule has 0 saturated heterocycles. The van der Waals surface area contributed by atoms with Crippen LogP contribution in [0.15, 0.2) is 42.7 Å². The second kappa shape index (κ2) is 6.67. The summed E-state index contributed by atoms with van der Waals surface area (Å²) in [7, 11) is 0. The first-order valence-electron chi connectivity index (χ1n) is 8.93. The van der Waals surface area contributed by atoms with Gasteiger partial charge in [-0.05, 0) is 63.3 Å². The van der Waals surface area contributed by atoms with Crippen LogP contribution >= 0.6 is 0 Å². The highest BCUT2D eigenvalue weighted by Crippen LogP contribution is 2.28. The average Bonchev–Trinajstić information content (AvgIpc) is 3.16. The zero-order valence-electron chi connectivity index (χ0n) is 14.7. The van der Waals surface area contributed by atoms with E-state index in [1.54, 1.807) is 6.20 Å². The minimum atomic E-state index is 0.163. The highest BCUT2D eigenvalue weighted by molar-refractivity contribution is 5.50. The number of rotatable bonds is 4. The maximum absolute atomic E-state index is 4.68. The van der Waals surface area contributed by atoms with Crippen LogP contribution in [0.2, 0.25) is 0 Å². The van der Waals surface area contributed by atoms with Crippen molar-refractivity contribution in [1.29, 1.82) is 0 Å². The van der Waals surface area contributed by atoms with Gasteiger partial charge in [0, 0.05) is 23.7 Å². The van der Waals surface area contributed by atoms with E-state index < -0.39 is 0 Å². The van der Waals surface area contributed by atoms with Gasteiger partial charge in [-0.3, -0.25) is 0 Å². The van der Waals surface area contributed by atoms with Crippen LogP contribution in [0.4, 0.5) is 5.82 Å². The van der Waals surface area contributed by atoms with Gasteiger partial charge in [0.1, 0.15) is 11.6 Å². The molecule has 0 fully saturated rings. The first-order valence-corrected chi connectivity index (χ1v) is 8.93. The number of nitrogens with one attached hydrogen (secondary N) is 1. The molecule has 1 atom stereocenters. The third-order valence-electron chi connectivity index (χ3n) is 4.79. The van der Waals surface area contributed by atoms with Gasteiger partial charge in [0.05, 0.1) is 11.7 Å². The fraction of sp³-hybridized carbons (Fsp3) is 0.350. The first kappa shape index (κ1) is 15.8. The molecule has 4 rings (SSSR count). The smallest absolute Gasteiger partial charge is 0.133 e. The number of fused-ring (bicyclic) bond motifs is 1. The van der Waals surface area contributed by atoms with E-state index in [1.165, 1.54) is 29.7 Å². The SMILES string of the molecule is Cc1nc2c(c(NC(C)c3cccc(-n4cccn4)c3)n1)CCCC2. The van der Waals surface area contributed by atoms with Gasteiger partial charge in [0.15, 0.2) is 0 Å². The van der Waals surface area contributed by atoms with Crippen LogP contribution in [0.25, 0.3) is 5.69 Å². The topological polar surface area (TPSA) is 55.6 Å². The number of hydrogen-bond donors (Lipinski definition) is 1. The van der Waals surface area contributed by atoms with Crippen molar-refractivity contribution in [3.63, 3.8) is 0 Å². The van der Waals surface area contributed by atoms with Crippen molar-refractivity contribution in [3.8, 4) is 5.69 Å². The van der Waals surface area contributed by atoms with Crippen molar-refractivity contribution in [2.45, 2.75) is 45.6 Å². The van der Waals surface area contributed by atoms with Crippen LogP contribution in [-0.2, 0) is 12.8 Å². The van der Waals surface area contributed by atoms with E-state index in [0.717, 1.165) is 30.2 Å². The second-order valence-corrected chi connectivity index (χ2v) is 6.66. The van der Waals surface area contributed by atoms with E-state index >= 15 is 0 Å². The molecule has 128 valence electrons. The number of anilines is 1. The average molecular weight is 333 g/mol. The summed E-state index contributed by atoms with van der Waals surface area (Å²) in [5, 5.41) is 7.93. The molecule has 2 heterocycles. The lowest BCUT2D eigenvalue weighted by Crippen LogP contribution is -2.16. The van der Waals surface area contributed by atoms with Crippen LogP contribution in [0.5, 0.6) is 0 Å². The molecule has 25 heavy (non-hydrogen) atoms. The summed E-state index contributed by atoms with van der Waals surface area (Å²) in [6.45, 7) is 4.15. The van der Waals surface area contributed by atoms with Crippen LogP contribution in [-0.4, -0.2) is 19.7 Å². The van der Waals surface area contributed by atoms with Crippen molar-refractivity contribution in [1.82, 2.24) is 19.7 Å². The van der Waals surface area contributed by atoms with E-state index in [-0.39, 0.29) is 6.04 Å². The molecule has 0 saturated carbocycles. The van der Waals surface area contributed by atoms with Gasteiger partial charge in [0.25, 0.3) is 0 Å². The Kier molecular flexibility index (Phi) is 4.22. The molecular formula is C20H23N5. The van der Waals surface area contributed by atoms with E-state index in [2.05, 4.69) is 51.6 Å². The van der Waals surface area contributed by atoms with Crippen LogP contribution in [0.3, 0.4) is 0 Å². The lowest BCUT2D eigenvalue weighted by atomic mass is 9.96. The predicted molar refractivity (Wildman–Crippen MR) is 99.0 cm³/mol. The summed E-state index contributed by atoms with van der Waals surface area (Å²) < 4.78 is 1.88. The van der Waals surface area contributed by atoms with Crippen LogP contribution in [0.1, 0.15) is 48.5 Å². The fourth-order valence-corrected chi connectivity index (χ4v) is 3.48. The van der Waals surface area contributed by atoms with Gasteiger partial charge >= 0.3 is 0 Å². The maximum atomic E-state index is 4.68. The van der Waals surface area contributed by atoms with Crippen molar-refractivity contribution < 1.29 is 0 Å². The molecular weight excluding hydrogens is 310 g/mol. The zero-order chi connectivity index (χ0) is 17.2. The van der Waals surface area contributed by atoms with Gasteiger partial charge in [-0.1, -0.05) is 12.1 Å². The van der Waals surface area contributed by atoms with Gasteiger partial charge < -0.3 is 5.32 Å². The molecule has 0 aliphatic heterocycles. The Balaban J connectivity index is 1.62. The maximum Gasteiger partial charge on any atom is 0.133 e. The molecule has 1 aromatic carbocycles. The summed E-state index contributed by atoms with van der Waals surface area (Å²) in [4.78, 5) is 9.32. The van der Waals surface area contributed by atoms with Crippen molar-refractivity contribution in [3.05, 3.63) is 65.4 Å². The Morgan fingerprint density at radius 1 is 1.12 bits per heavy atom. The van der Waals surface area contributed by atoms with Gasteiger partial charge in [-0.2, -0.15) is 5.10 Å². The highest BCUT2D eigenvalue weighted by Gasteiger charge is 2.18. The van der Waals surface area contributed by atoms with Gasteiger partial charge in [0.2, 0.25) is 0 Å². The van der Waals surface area contributed by atoms with E-state index in [4.69, 9.17) is 0 Å². The molecule has 5 nitrogen and oxygen atoms in total. The molecule has 1 N–H and O–H groups in total. The molecule has 2 aromatic heterocycles. The lowest BCUT2D eigenvalue weighted by molar-refractivity contribution is 0.657. The van der Waals surface area contributed by atoms with E-state index in [0.29, 0.717) is 0 Å². The minimum absolute atomic E-state index is 0.163. The highest BCUT2D eigenvalue weighted by atomic mass is 15.3. The molecule has 0 bridgehead atoms. The molecule has 0 amide bonds. The lowest BCUT2D eigenvalue weighted by Gasteiger charge is -2.22. The Morgan fingerprint density at radius 2 is 2.00 bits per heavy atom. The molecule has 3 aromatic rings. The number of aromatic nitrogens is 4. The third-order valence-corrected chi connectivity index (χ3v) is 4.79. The monoisotopic (exact) mass is 333 g/mol. The molecule has 1 aliphatic rings. The number of benzene rings is 1. The fourth-order valence-electron chi connectivity index (χ4n) is 3.48. The second-order valence-electron chi connectivity index (χ2n) is 6.66. The third kappa shape index (κ3) is 3.27. The number of aryl methyl sites for hydroxylation is 2. The summed E-state index contributed by atoms with van der Waals surface area (Å²) in [6.07, 6.45) is 8.34. The van der Waals surface area contributed by atoms with Gasteiger partial charge in [-0.15, -0.1) is 0 Å². The Morgan fingerprint density at radius 3 is 2.84 bits per heavy atom. The first-order chi connectivity index (χ1) is 12.2. The molecule has 1 aliphatic carbocycles. The quantitative estimate of drug-likeness (QED) is 0.783. The molecule has 0 radical (unpaired) electrons. The standard InChI is InChI=1S/C20H23N5/c1-14(16-7-5-8-17(13-16)25-12-6-11-21-25)22-20-18-9-3-4-10-19(18)23-15(2)24-20/h5-8,11-14H,3-4,9-10H2,1-2H3,(H,22,23,24). The number of hydrogen-bond acceptors (Lipinski definition) is 4. The van der Waals surface area contributed by atoms with Gasteiger partial charge in [-0.25, -0.2) is 14.6 Å². The molecule has 0 spiro atoms.